The fourth-order valence-electron chi connectivity index (χ4n) is 1.76. The van der Waals surface area contributed by atoms with E-state index in [0.717, 1.165) is 0 Å². The van der Waals surface area contributed by atoms with Crippen molar-refractivity contribution < 1.29 is 19.6 Å². The number of carboxylic acids is 1. The quantitative estimate of drug-likeness (QED) is 0.685. The third-order valence-electron chi connectivity index (χ3n) is 2.88. The maximum Gasteiger partial charge on any atom is 0.335 e. The second-order valence-electron chi connectivity index (χ2n) is 4.45. The number of aromatic nitrogens is 1. The number of hydrogen-bond acceptors (Lipinski definition) is 5. The van der Waals surface area contributed by atoms with E-state index in [-0.39, 0.29) is 17.1 Å². The highest BCUT2D eigenvalue weighted by atomic mass is 16.6. The summed E-state index contributed by atoms with van der Waals surface area (Å²) in [6, 6.07) is 5.58. The molecule has 0 radical (unpaired) electrons. The van der Waals surface area contributed by atoms with E-state index in [2.05, 4.69) is 4.98 Å². The number of rotatable bonds is 4. The Morgan fingerprint density at radius 2 is 2.00 bits per heavy atom. The third-order valence-corrected chi connectivity index (χ3v) is 2.88. The molecule has 0 aliphatic heterocycles. The Kier molecular flexibility index (Phi) is 3.84. The third kappa shape index (κ3) is 3.14. The molecule has 1 N–H and O–H groups in total. The Morgan fingerprint density at radius 1 is 1.29 bits per heavy atom. The van der Waals surface area contributed by atoms with Crippen LogP contribution < -0.4 is 4.74 Å². The average molecular weight is 288 g/mol. The van der Waals surface area contributed by atoms with Crippen molar-refractivity contribution in [3.63, 3.8) is 0 Å². The molecule has 0 saturated heterocycles. The molecule has 0 spiro atoms. The zero-order valence-electron chi connectivity index (χ0n) is 11.4. The second kappa shape index (κ2) is 5.58. The van der Waals surface area contributed by atoms with Crippen molar-refractivity contribution in [2.45, 2.75) is 13.8 Å². The van der Waals surface area contributed by atoms with E-state index in [4.69, 9.17) is 9.84 Å². The number of benzene rings is 1. The maximum absolute atomic E-state index is 10.9. The normalized spacial score (nSPS) is 10.2. The molecule has 2 rings (SSSR count). The van der Waals surface area contributed by atoms with Gasteiger partial charge < -0.3 is 9.84 Å². The van der Waals surface area contributed by atoms with Crippen molar-refractivity contribution in [2.75, 3.05) is 0 Å². The lowest BCUT2D eigenvalue weighted by atomic mass is 10.1. The summed E-state index contributed by atoms with van der Waals surface area (Å²) in [6.07, 6.45) is 1.36. The van der Waals surface area contributed by atoms with Gasteiger partial charge in [0.1, 0.15) is 5.75 Å². The molecule has 7 heteroatoms. The minimum atomic E-state index is -1.03. The molecule has 0 aliphatic carbocycles. The van der Waals surface area contributed by atoms with Gasteiger partial charge in [0.2, 0.25) is 5.88 Å². The molecule has 0 atom stereocenters. The minimum Gasteiger partial charge on any atom is -0.478 e. The predicted octanol–water partition coefficient (Wildman–Crippen LogP) is 3.10. The number of carbonyl (C=O) groups is 1. The summed E-state index contributed by atoms with van der Waals surface area (Å²) in [7, 11) is 0. The highest BCUT2D eigenvalue weighted by Gasteiger charge is 2.14. The van der Waals surface area contributed by atoms with Gasteiger partial charge in [-0.1, -0.05) is 0 Å². The van der Waals surface area contributed by atoms with Gasteiger partial charge in [0.15, 0.2) is 0 Å². The SMILES string of the molecule is Cc1cc(C(=O)O)ccc1Oc1cc([N+](=O)[O-])c(C)cn1. The minimum absolute atomic E-state index is 0.0819. The average Bonchev–Trinajstić information content (AvgIpc) is 2.42. The summed E-state index contributed by atoms with van der Waals surface area (Å²) < 4.78 is 5.48. The van der Waals surface area contributed by atoms with Crippen molar-refractivity contribution in [3.8, 4) is 11.6 Å². The molecule has 0 unspecified atom stereocenters. The molecular weight excluding hydrogens is 276 g/mol. The van der Waals surface area contributed by atoms with Gasteiger partial charge in [0.25, 0.3) is 5.69 Å². The fourth-order valence-corrected chi connectivity index (χ4v) is 1.76. The lowest BCUT2D eigenvalue weighted by Crippen LogP contribution is -1.99. The summed E-state index contributed by atoms with van der Waals surface area (Å²) in [5, 5.41) is 19.8. The molecule has 1 aromatic heterocycles. The molecule has 0 bridgehead atoms. The van der Waals surface area contributed by atoms with Gasteiger partial charge in [-0.05, 0) is 37.6 Å². The number of pyridine rings is 1. The van der Waals surface area contributed by atoms with E-state index in [1.54, 1.807) is 13.8 Å². The monoisotopic (exact) mass is 288 g/mol. The standard InChI is InChI=1S/C14H12N2O5/c1-8-5-10(14(17)18)3-4-12(8)21-13-6-11(16(19)20)9(2)7-15-13/h3-7H,1-2H3,(H,17,18). The Bertz CT molecular complexity index is 727. The molecule has 0 amide bonds. The molecule has 21 heavy (non-hydrogen) atoms. The molecular formula is C14H12N2O5. The summed E-state index contributed by atoms with van der Waals surface area (Å²) in [5.41, 5.74) is 1.09. The summed E-state index contributed by atoms with van der Waals surface area (Å²) in [6.45, 7) is 3.27. The number of ether oxygens (including phenoxy) is 1. The van der Waals surface area contributed by atoms with Gasteiger partial charge in [0.05, 0.1) is 16.6 Å². The van der Waals surface area contributed by atoms with E-state index in [1.165, 1.54) is 30.5 Å². The highest BCUT2D eigenvalue weighted by Crippen LogP contribution is 2.28. The van der Waals surface area contributed by atoms with E-state index in [9.17, 15) is 14.9 Å². The van der Waals surface area contributed by atoms with Crippen molar-refractivity contribution in [2.24, 2.45) is 0 Å². The zero-order valence-corrected chi connectivity index (χ0v) is 11.4. The summed E-state index contributed by atoms with van der Waals surface area (Å²) >= 11 is 0. The van der Waals surface area contributed by atoms with Gasteiger partial charge >= 0.3 is 5.97 Å². The first-order valence-corrected chi connectivity index (χ1v) is 6.01. The van der Waals surface area contributed by atoms with Crippen LogP contribution in [0, 0.1) is 24.0 Å². The number of hydrogen-bond donors (Lipinski definition) is 1. The molecule has 2 aromatic rings. The summed E-state index contributed by atoms with van der Waals surface area (Å²) in [4.78, 5) is 25.2. The number of aryl methyl sites for hydroxylation is 2. The second-order valence-corrected chi connectivity index (χ2v) is 4.45. The first-order chi connectivity index (χ1) is 9.88. The van der Waals surface area contributed by atoms with E-state index in [0.29, 0.717) is 16.9 Å². The molecule has 1 aromatic carbocycles. The van der Waals surface area contributed by atoms with Crippen molar-refractivity contribution in [1.29, 1.82) is 0 Å². The first kappa shape index (κ1) is 14.4. The largest absolute Gasteiger partial charge is 0.478 e. The van der Waals surface area contributed by atoms with Gasteiger partial charge in [-0.2, -0.15) is 0 Å². The number of carboxylic acid groups (broad SMARTS) is 1. The van der Waals surface area contributed by atoms with E-state index >= 15 is 0 Å². The molecule has 7 nitrogen and oxygen atoms in total. The Balaban J connectivity index is 2.32. The van der Waals surface area contributed by atoms with Gasteiger partial charge in [-0.15, -0.1) is 0 Å². The number of nitro groups is 1. The predicted molar refractivity (Wildman–Crippen MR) is 73.8 cm³/mol. The Hall–Kier alpha value is -2.96. The zero-order chi connectivity index (χ0) is 15.6. The van der Waals surface area contributed by atoms with Crippen molar-refractivity contribution in [1.82, 2.24) is 4.98 Å². The molecule has 108 valence electrons. The van der Waals surface area contributed by atoms with Crippen molar-refractivity contribution in [3.05, 3.63) is 57.3 Å². The number of aromatic carboxylic acids is 1. The van der Waals surface area contributed by atoms with Gasteiger partial charge in [-0.3, -0.25) is 10.1 Å². The smallest absolute Gasteiger partial charge is 0.335 e. The lowest BCUT2D eigenvalue weighted by Gasteiger charge is -2.08. The Morgan fingerprint density at radius 3 is 2.57 bits per heavy atom. The number of nitrogens with zero attached hydrogens (tertiary/aromatic N) is 2. The van der Waals surface area contributed by atoms with Crippen LogP contribution in [0.25, 0.3) is 0 Å². The maximum atomic E-state index is 10.9. The van der Waals surface area contributed by atoms with E-state index < -0.39 is 10.9 Å². The molecule has 0 saturated carbocycles. The topological polar surface area (TPSA) is 103 Å². The lowest BCUT2D eigenvalue weighted by molar-refractivity contribution is -0.385. The van der Waals surface area contributed by atoms with Crippen LogP contribution in [0.5, 0.6) is 11.6 Å². The molecule has 0 aliphatic rings. The van der Waals surface area contributed by atoms with Crippen LogP contribution in [0.3, 0.4) is 0 Å². The van der Waals surface area contributed by atoms with Crippen LogP contribution in [0.2, 0.25) is 0 Å². The summed E-state index contributed by atoms with van der Waals surface area (Å²) in [5.74, 6) is -0.558. The highest BCUT2D eigenvalue weighted by molar-refractivity contribution is 5.88. The van der Waals surface area contributed by atoms with Gasteiger partial charge in [-0.25, -0.2) is 9.78 Å². The van der Waals surface area contributed by atoms with Crippen LogP contribution in [0.1, 0.15) is 21.5 Å². The molecule has 0 fully saturated rings. The van der Waals surface area contributed by atoms with Crippen LogP contribution in [-0.4, -0.2) is 21.0 Å². The van der Waals surface area contributed by atoms with Crippen LogP contribution >= 0.6 is 0 Å². The van der Waals surface area contributed by atoms with Crippen LogP contribution in [0.15, 0.2) is 30.5 Å². The Labute approximate surface area is 120 Å². The van der Waals surface area contributed by atoms with Crippen LogP contribution in [-0.2, 0) is 0 Å². The molecule has 1 heterocycles. The first-order valence-electron chi connectivity index (χ1n) is 6.01. The van der Waals surface area contributed by atoms with Crippen molar-refractivity contribution >= 4 is 11.7 Å². The fraction of sp³-hybridized carbons (Fsp3) is 0.143. The van der Waals surface area contributed by atoms with E-state index in [1.807, 2.05) is 0 Å². The van der Waals surface area contributed by atoms with Crippen LogP contribution in [0.4, 0.5) is 5.69 Å². The van der Waals surface area contributed by atoms with Gasteiger partial charge in [0, 0.05) is 11.8 Å².